The number of halogens is 3. The molecule has 0 N–H and O–H groups in total. The normalized spacial score (nSPS) is 15.9. The fourth-order valence-corrected chi connectivity index (χ4v) is 5.54. The van der Waals surface area contributed by atoms with E-state index in [1.54, 1.807) is 30.6 Å². The van der Waals surface area contributed by atoms with Gasteiger partial charge in [-0.15, -0.1) is 11.3 Å². The van der Waals surface area contributed by atoms with Crippen molar-refractivity contribution < 1.29 is 17.9 Å². The van der Waals surface area contributed by atoms with Gasteiger partial charge in [0.2, 0.25) is 0 Å². The van der Waals surface area contributed by atoms with Crippen LogP contribution in [0.25, 0.3) is 10.4 Å². The maximum Gasteiger partial charge on any atom is 0.416 e. The van der Waals surface area contributed by atoms with Gasteiger partial charge in [0.15, 0.2) is 0 Å². The minimum atomic E-state index is -4.30. The summed E-state index contributed by atoms with van der Waals surface area (Å²) in [6.07, 6.45) is -1.32. The Morgan fingerprint density at radius 3 is 2.32 bits per heavy atom. The number of alkyl halides is 3. The average Bonchev–Trinajstić information content (AvgIpc) is 3.15. The molecule has 4 rings (SSSR count). The maximum absolute atomic E-state index is 12.8. The smallest absolute Gasteiger partial charge is 0.416 e. The second kappa shape index (κ2) is 9.05. The summed E-state index contributed by atoms with van der Waals surface area (Å²) in [5.41, 5.74) is 2.96. The number of ether oxygens (including phenoxy) is 1. The Kier molecular flexibility index (Phi) is 6.39. The number of methoxy groups -OCH3 is 1. The number of rotatable bonds is 5. The Balaban J connectivity index is 1.51. The van der Waals surface area contributed by atoms with Gasteiger partial charge in [-0.1, -0.05) is 25.1 Å². The van der Waals surface area contributed by atoms with Gasteiger partial charge < -0.3 is 4.74 Å². The summed E-state index contributed by atoms with van der Waals surface area (Å²) in [7, 11) is 1.70. The number of hydrogen-bond acceptors (Lipinski definition) is 3. The standard InChI is InChI=1S/C25H26F3NOS/c1-3-22(29-14-12-17-6-9-21(30-2)16-19(17)13-15-29)24-11-10-23(31-24)18-4-7-20(8-5-18)25(26,27)28/h4-11,16,22H,3,12-15H2,1-2H3. The molecular formula is C25H26F3NOS. The molecule has 0 fully saturated rings. The van der Waals surface area contributed by atoms with Gasteiger partial charge >= 0.3 is 6.18 Å². The Bertz CT molecular complexity index is 1030. The molecule has 1 aliphatic heterocycles. The quantitative estimate of drug-likeness (QED) is 0.419. The molecule has 1 aromatic heterocycles. The van der Waals surface area contributed by atoms with Gasteiger partial charge in [0.1, 0.15) is 5.75 Å². The predicted octanol–water partition coefficient (Wildman–Crippen LogP) is 6.99. The highest BCUT2D eigenvalue weighted by molar-refractivity contribution is 7.15. The van der Waals surface area contributed by atoms with Crippen LogP contribution in [-0.2, 0) is 19.0 Å². The Morgan fingerprint density at radius 1 is 0.968 bits per heavy atom. The Hall–Kier alpha value is -2.31. The van der Waals surface area contributed by atoms with Crippen LogP contribution in [0.3, 0.4) is 0 Å². The highest BCUT2D eigenvalue weighted by Gasteiger charge is 2.30. The number of hydrogen-bond donors (Lipinski definition) is 0. The van der Waals surface area contributed by atoms with Crippen LogP contribution in [0.4, 0.5) is 13.2 Å². The van der Waals surface area contributed by atoms with E-state index in [2.05, 4.69) is 30.0 Å². The van der Waals surface area contributed by atoms with Crippen molar-refractivity contribution in [3.8, 4) is 16.2 Å². The van der Waals surface area contributed by atoms with Crippen LogP contribution >= 0.6 is 11.3 Å². The van der Waals surface area contributed by atoms with E-state index in [9.17, 15) is 13.2 Å². The number of benzene rings is 2. The third kappa shape index (κ3) is 4.80. The van der Waals surface area contributed by atoms with Gasteiger partial charge in [-0.05, 0) is 72.4 Å². The highest BCUT2D eigenvalue weighted by Crippen LogP contribution is 2.37. The van der Waals surface area contributed by atoms with E-state index in [4.69, 9.17) is 4.74 Å². The summed E-state index contributed by atoms with van der Waals surface area (Å²) >= 11 is 1.68. The molecule has 2 nitrogen and oxygen atoms in total. The first-order valence-electron chi connectivity index (χ1n) is 10.6. The molecular weight excluding hydrogens is 419 g/mol. The van der Waals surface area contributed by atoms with E-state index in [0.29, 0.717) is 6.04 Å². The lowest BCUT2D eigenvalue weighted by atomic mass is 10.0. The molecule has 31 heavy (non-hydrogen) atoms. The predicted molar refractivity (Wildman–Crippen MR) is 120 cm³/mol. The lowest BCUT2D eigenvalue weighted by Gasteiger charge is -2.29. The minimum Gasteiger partial charge on any atom is -0.497 e. The fraction of sp³-hybridized carbons (Fsp3) is 0.360. The van der Waals surface area contributed by atoms with E-state index in [0.717, 1.165) is 60.7 Å². The first kappa shape index (κ1) is 21.9. The molecule has 0 saturated carbocycles. The second-order valence-corrected chi connectivity index (χ2v) is 8.99. The van der Waals surface area contributed by atoms with Crippen molar-refractivity contribution in [3.63, 3.8) is 0 Å². The Morgan fingerprint density at radius 2 is 1.68 bits per heavy atom. The molecule has 3 aromatic rings. The molecule has 0 bridgehead atoms. The molecule has 0 aliphatic carbocycles. The summed E-state index contributed by atoms with van der Waals surface area (Å²) in [6.45, 7) is 4.17. The van der Waals surface area contributed by atoms with Crippen molar-refractivity contribution in [3.05, 3.63) is 76.2 Å². The van der Waals surface area contributed by atoms with Crippen molar-refractivity contribution in [2.24, 2.45) is 0 Å². The van der Waals surface area contributed by atoms with E-state index in [-0.39, 0.29) is 0 Å². The summed E-state index contributed by atoms with van der Waals surface area (Å²) in [5.74, 6) is 0.902. The molecule has 0 saturated heterocycles. The molecule has 2 heterocycles. The lowest BCUT2D eigenvalue weighted by Crippen LogP contribution is -2.30. The van der Waals surface area contributed by atoms with Crippen molar-refractivity contribution >= 4 is 11.3 Å². The lowest BCUT2D eigenvalue weighted by molar-refractivity contribution is -0.137. The van der Waals surface area contributed by atoms with Gasteiger partial charge in [-0.3, -0.25) is 4.90 Å². The molecule has 0 radical (unpaired) electrons. The average molecular weight is 446 g/mol. The second-order valence-electron chi connectivity index (χ2n) is 7.87. The molecule has 0 spiro atoms. The first-order valence-corrected chi connectivity index (χ1v) is 11.4. The van der Waals surface area contributed by atoms with Crippen molar-refractivity contribution in [2.75, 3.05) is 20.2 Å². The maximum atomic E-state index is 12.8. The van der Waals surface area contributed by atoms with Gasteiger partial charge in [-0.25, -0.2) is 0 Å². The topological polar surface area (TPSA) is 12.5 Å². The molecule has 1 aliphatic rings. The van der Waals surface area contributed by atoms with Crippen LogP contribution in [0.15, 0.2) is 54.6 Å². The third-order valence-electron chi connectivity index (χ3n) is 6.03. The highest BCUT2D eigenvalue weighted by atomic mass is 32.1. The van der Waals surface area contributed by atoms with Crippen LogP contribution in [0.1, 0.15) is 41.0 Å². The number of fused-ring (bicyclic) bond motifs is 1. The number of thiophene rings is 1. The third-order valence-corrected chi connectivity index (χ3v) is 7.27. The zero-order valence-electron chi connectivity index (χ0n) is 17.7. The van der Waals surface area contributed by atoms with Crippen LogP contribution in [-0.4, -0.2) is 25.1 Å². The molecule has 164 valence electrons. The SMILES string of the molecule is CCC(c1ccc(-c2ccc(C(F)(F)F)cc2)s1)N1CCc2ccc(OC)cc2CC1. The molecule has 1 atom stereocenters. The van der Waals surface area contributed by atoms with Gasteiger partial charge in [0.05, 0.1) is 12.7 Å². The summed E-state index contributed by atoms with van der Waals surface area (Å²) in [6, 6.07) is 16.3. The van der Waals surface area contributed by atoms with E-state index in [1.165, 1.54) is 16.0 Å². The van der Waals surface area contributed by atoms with Crippen molar-refractivity contribution in [1.82, 2.24) is 4.90 Å². The van der Waals surface area contributed by atoms with Gasteiger partial charge in [0.25, 0.3) is 0 Å². The van der Waals surface area contributed by atoms with Gasteiger partial charge in [-0.2, -0.15) is 13.2 Å². The van der Waals surface area contributed by atoms with Crippen LogP contribution in [0, 0.1) is 0 Å². The summed E-state index contributed by atoms with van der Waals surface area (Å²) in [4.78, 5) is 4.81. The first-order chi connectivity index (χ1) is 14.9. The zero-order valence-corrected chi connectivity index (χ0v) is 18.5. The van der Waals surface area contributed by atoms with Crippen LogP contribution in [0.5, 0.6) is 5.75 Å². The van der Waals surface area contributed by atoms with Gasteiger partial charge in [0, 0.05) is 28.9 Å². The fourth-order valence-electron chi connectivity index (χ4n) is 4.31. The number of nitrogens with zero attached hydrogens (tertiary/aromatic N) is 1. The van der Waals surface area contributed by atoms with Crippen LogP contribution in [0.2, 0.25) is 0 Å². The van der Waals surface area contributed by atoms with Crippen LogP contribution < -0.4 is 4.74 Å². The monoisotopic (exact) mass is 445 g/mol. The summed E-state index contributed by atoms with van der Waals surface area (Å²) < 4.78 is 43.9. The van der Waals surface area contributed by atoms with Crippen molar-refractivity contribution in [1.29, 1.82) is 0 Å². The Labute approximate surface area is 185 Å². The zero-order chi connectivity index (χ0) is 22.0. The molecule has 6 heteroatoms. The molecule has 2 aromatic carbocycles. The largest absolute Gasteiger partial charge is 0.497 e. The minimum absolute atomic E-state index is 0.310. The van der Waals surface area contributed by atoms with E-state index >= 15 is 0 Å². The van der Waals surface area contributed by atoms with E-state index in [1.807, 2.05) is 12.1 Å². The van der Waals surface area contributed by atoms with E-state index < -0.39 is 11.7 Å². The molecule has 1 unspecified atom stereocenters. The van der Waals surface area contributed by atoms with Crippen molar-refractivity contribution in [2.45, 2.75) is 38.4 Å². The molecule has 0 amide bonds. The summed E-state index contributed by atoms with van der Waals surface area (Å²) in [5, 5.41) is 0.